The Labute approximate surface area is 148 Å². The number of anilines is 3. The van der Waals surface area contributed by atoms with Gasteiger partial charge in [-0.25, -0.2) is 4.98 Å². The highest BCUT2D eigenvalue weighted by Gasteiger charge is 2.22. The van der Waals surface area contributed by atoms with Crippen LogP contribution in [0, 0.1) is 0 Å². The zero-order valence-electron chi connectivity index (χ0n) is 14.4. The summed E-state index contributed by atoms with van der Waals surface area (Å²) in [5.74, 6) is 1.65. The molecule has 2 heterocycles. The van der Waals surface area contributed by atoms with E-state index in [0.29, 0.717) is 5.95 Å². The topological polar surface area (TPSA) is 41.1 Å². The first-order valence-corrected chi connectivity index (χ1v) is 8.89. The monoisotopic (exact) mass is 330 g/mol. The minimum atomic E-state index is 0.697. The Morgan fingerprint density at radius 2 is 1.80 bits per heavy atom. The molecule has 0 fully saturated rings. The third-order valence-corrected chi connectivity index (χ3v) is 4.48. The standard InChI is InChI=1S/C21H22N4/c1-2-13-22-21-23-18(16-8-4-3-5-9-16)15-20(24-21)25-14-12-17-10-6-7-11-19(17)25/h3-11,15H,2,12-14H2,1H3,(H,22,23,24). The molecule has 1 N–H and O–H groups in total. The zero-order chi connectivity index (χ0) is 17.1. The quantitative estimate of drug-likeness (QED) is 0.739. The summed E-state index contributed by atoms with van der Waals surface area (Å²) in [7, 11) is 0. The number of rotatable bonds is 5. The molecule has 0 aliphatic carbocycles. The number of hydrogen-bond acceptors (Lipinski definition) is 4. The molecule has 0 atom stereocenters. The van der Waals surface area contributed by atoms with Crippen molar-refractivity contribution >= 4 is 17.5 Å². The lowest BCUT2D eigenvalue weighted by molar-refractivity contribution is 0.934. The smallest absolute Gasteiger partial charge is 0.225 e. The van der Waals surface area contributed by atoms with Crippen molar-refractivity contribution in [1.29, 1.82) is 0 Å². The zero-order valence-corrected chi connectivity index (χ0v) is 14.4. The lowest BCUT2D eigenvalue weighted by atomic mass is 10.1. The van der Waals surface area contributed by atoms with E-state index in [1.807, 2.05) is 18.2 Å². The number of para-hydroxylation sites is 1. The molecule has 25 heavy (non-hydrogen) atoms. The van der Waals surface area contributed by atoms with Gasteiger partial charge in [0.15, 0.2) is 0 Å². The van der Waals surface area contributed by atoms with Crippen molar-refractivity contribution in [3.05, 3.63) is 66.2 Å². The average molecular weight is 330 g/mol. The number of nitrogens with one attached hydrogen (secondary N) is 1. The van der Waals surface area contributed by atoms with Gasteiger partial charge < -0.3 is 10.2 Å². The second-order valence-corrected chi connectivity index (χ2v) is 6.26. The summed E-state index contributed by atoms with van der Waals surface area (Å²) >= 11 is 0. The fraction of sp³-hybridized carbons (Fsp3) is 0.238. The van der Waals surface area contributed by atoms with E-state index in [1.165, 1.54) is 11.3 Å². The van der Waals surface area contributed by atoms with Crippen molar-refractivity contribution in [2.24, 2.45) is 0 Å². The van der Waals surface area contributed by atoms with Gasteiger partial charge in [0.2, 0.25) is 5.95 Å². The lowest BCUT2D eigenvalue weighted by Gasteiger charge is -2.20. The van der Waals surface area contributed by atoms with Crippen molar-refractivity contribution in [2.45, 2.75) is 19.8 Å². The normalized spacial score (nSPS) is 12.9. The average Bonchev–Trinajstić information content (AvgIpc) is 3.11. The Hall–Kier alpha value is -2.88. The maximum atomic E-state index is 4.78. The number of fused-ring (bicyclic) bond motifs is 1. The minimum Gasteiger partial charge on any atom is -0.354 e. The Morgan fingerprint density at radius 1 is 1.00 bits per heavy atom. The van der Waals surface area contributed by atoms with Crippen LogP contribution >= 0.6 is 0 Å². The first-order chi connectivity index (χ1) is 12.3. The summed E-state index contributed by atoms with van der Waals surface area (Å²) in [5.41, 5.74) is 4.69. The second-order valence-electron chi connectivity index (χ2n) is 6.26. The molecule has 0 spiro atoms. The van der Waals surface area contributed by atoms with Crippen LogP contribution in [0.15, 0.2) is 60.7 Å². The lowest BCUT2D eigenvalue weighted by Crippen LogP contribution is -2.16. The van der Waals surface area contributed by atoms with Gasteiger partial charge in [-0.1, -0.05) is 55.5 Å². The van der Waals surface area contributed by atoms with E-state index < -0.39 is 0 Å². The van der Waals surface area contributed by atoms with Crippen LogP contribution in [0.25, 0.3) is 11.3 Å². The van der Waals surface area contributed by atoms with Crippen LogP contribution in [0.4, 0.5) is 17.5 Å². The molecule has 0 amide bonds. The SMILES string of the molecule is CCCNc1nc(-c2ccccc2)cc(N2CCc3ccccc32)n1. The molecular formula is C21H22N4. The van der Waals surface area contributed by atoms with Crippen LogP contribution < -0.4 is 10.2 Å². The molecule has 0 bridgehead atoms. The first kappa shape index (κ1) is 15.6. The van der Waals surface area contributed by atoms with E-state index >= 15 is 0 Å². The molecule has 126 valence electrons. The molecule has 4 heteroatoms. The van der Waals surface area contributed by atoms with Crippen molar-refractivity contribution in [3.63, 3.8) is 0 Å². The third kappa shape index (κ3) is 3.20. The molecular weight excluding hydrogens is 308 g/mol. The van der Waals surface area contributed by atoms with Gasteiger partial charge in [-0.2, -0.15) is 4.98 Å². The predicted octanol–water partition coefficient (Wildman–Crippen LogP) is 4.66. The molecule has 4 nitrogen and oxygen atoms in total. The van der Waals surface area contributed by atoms with Gasteiger partial charge >= 0.3 is 0 Å². The van der Waals surface area contributed by atoms with Crippen molar-refractivity contribution in [2.75, 3.05) is 23.3 Å². The summed E-state index contributed by atoms with van der Waals surface area (Å²) in [6.07, 6.45) is 2.10. The second kappa shape index (κ2) is 6.93. The third-order valence-electron chi connectivity index (χ3n) is 4.48. The van der Waals surface area contributed by atoms with Gasteiger partial charge in [-0.3, -0.25) is 0 Å². The first-order valence-electron chi connectivity index (χ1n) is 8.89. The number of hydrogen-bond donors (Lipinski definition) is 1. The van der Waals surface area contributed by atoms with Crippen LogP contribution in [0.5, 0.6) is 0 Å². The highest BCUT2D eigenvalue weighted by Crippen LogP contribution is 2.35. The maximum Gasteiger partial charge on any atom is 0.225 e. The van der Waals surface area contributed by atoms with Gasteiger partial charge in [0.05, 0.1) is 5.69 Å². The number of nitrogens with zero attached hydrogens (tertiary/aromatic N) is 3. The van der Waals surface area contributed by atoms with Gasteiger partial charge in [0.1, 0.15) is 5.82 Å². The summed E-state index contributed by atoms with van der Waals surface area (Å²) in [4.78, 5) is 11.8. The Morgan fingerprint density at radius 3 is 2.64 bits per heavy atom. The molecule has 1 aliphatic rings. The van der Waals surface area contributed by atoms with Gasteiger partial charge in [-0.05, 0) is 24.5 Å². The van der Waals surface area contributed by atoms with E-state index in [9.17, 15) is 0 Å². The van der Waals surface area contributed by atoms with Crippen molar-refractivity contribution < 1.29 is 0 Å². The van der Waals surface area contributed by atoms with E-state index in [1.54, 1.807) is 0 Å². The number of aromatic nitrogens is 2. The van der Waals surface area contributed by atoms with Gasteiger partial charge in [0, 0.05) is 30.4 Å². The van der Waals surface area contributed by atoms with Crippen LogP contribution in [0.3, 0.4) is 0 Å². The van der Waals surface area contributed by atoms with E-state index in [0.717, 1.165) is 43.0 Å². The molecule has 1 aliphatic heterocycles. The van der Waals surface area contributed by atoms with Crippen LogP contribution in [-0.4, -0.2) is 23.1 Å². The maximum absolute atomic E-state index is 4.78. The molecule has 4 rings (SSSR count). The minimum absolute atomic E-state index is 0.697. The Bertz CT molecular complexity index is 861. The summed E-state index contributed by atoms with van der Waals surface area (Å²) in [5, 5.41) is 3.34. The molecule has 2 aromatic carbocycles. The van der Waals surface area contributed by atoms with Crippen molar-refractivity contribution in [3.8, 4) is 11.3 Å². The molecule has 0 saturated carbocycles. The summed E-state index contributed by atoms with van der Waals surface area (Å²) in [6.45, 7) is 3.97. The summed E-state index contributed by atoms with van der Waals surface area (Å²) in [6, 6.07) is 21.0. The molecule has 1 aromatic heterocycles. The fourth-order valence-corrected chi connectivity index (χ4v) is 3.22. The van der Waals surface area contributed by atoms with Crippen molar-refractivity contribution in [1.82, 2.24) is 9.97 Å². The Balaban J connectivity index is 1.77. The van der Waals surface area contributed by atoms with Crippen LogP contribution in [0.1, 0.15) is 18.9 Å². The van der Waals surface area contributed by atoms with E-state index in [4.69, 9.17) is 9.97 Å². The Kier molecular flexibility index (Phi) is 4.34. The van der Waals surface area contributed by atoms with Crippen LogP contribution in [0.2, 0.25) is 0 Å². The van der Waals surface area contributed by atoms with Crippen LogP contribution in [-0.2, 0) is 6.42 Å². The highest BCUT2D eigenvalue weighted by molar-refractivity contribution is 5.72. The molecule has 0 radical (unpaired) electrons. The number of benzene rings is 2. The highest BCUT2D eigenvalue weighted by atomic mass is 15.2. The molecule has 0 saturated heterocycles. The molecule has 3 aromatic rings. The van der Waals surface area contributed by atoms with E-state index in [-0.39, 0.29) is 0 Å². The largest absolute Gasteiger partial charge is 0.354 e. The van der Waals surface area contributed by atoms with Gasteiger partial charge in [-0.15, -0.1) is 0 Å². The predicted molar refractivity (Wildman–Crippen MR) is 103 cm³/mol. The fourth-order valence-electron chi connectivity index (χ4n) is 3.22. The van der Waals surface area contributed by atoms with E-state index in [2.05, 4.69) is 59.6 Å². The summed E-state index contributed by atoms with van der Waals surface area (Å²) < 4.78 is 0. The van der Waals surface area contributed by atoms with Gasteiger partial charge in [0.25, 0.3) is 0 Å². The molecule has 0 unspecified atom stereocenters.